The maximum absolute atomic E-state index is 12.1. The van der Waals surface area contributed by atoms with Crippen LogP contribution in [-0.2, 0) is 10.0 Å². The Balaban J connectivity index is 1.57. The number of rotatable bonds is 3. The molecular formula is C14H19N3O3S. The van der Waals surface area contributed by atoms with E-state index in [-0.39, 0.29) is 17.4 Å². The molecule has 1 saturated carbocycles. The van der Waals surface area contributed by atoms with E-state index >= 15 is 0 Å². The van der Waals surface area contributed by atoms with E-state index in [9.17, 15) is 13.2 Å². The van der Waals surface area contributed by atoms with Crippen LogP contribution in [0.5, 0.6) is 0 Å². The van der Waals surface area contributed by atoms with Crippen LogP contribution < -0.4 is 5.32 Å². The summed E-state index contributed by atoms with van der Waals surface area (Å²) in [6, 6.07) is 3.55. The van der Waals surface area contributed by atoms with Gasteiger partial charge in [0.1, 0.15) is 0 Å². The van der Waals surface area contributed by atoms with E-state index in [4.69, 9.17) is 0 Å². The minimum atomic E-state index is -3.09. The first-order chi connectivity index (χ1) is 9.91. The molecule has 1 N–H and O–H groups in total. The third kappa shape index (κ3) is 2.94. The first-order valence-electron chi connectivity index (χ1n) is 7.07. The lowest BCUT2D eigenvalue weighted by Gasteiger charge is -2.31. The van der Waals surface area contributed by atoms with E-state index in [1.54, 1.807) is 24.5 Å². The van der Waals surface area contributed by atoms with Gasteiger partial charge in [0.2, 0.25) is 10.0 Å². The number of hydrogen-bond acceptors (Lipinski definition) is 4. The highest BCUT2D eigenvalue weighted by molar-refractivity contribution is 7.88. The molecular weight excluding hydrogens is 290 g/mol. The molecule has 1 aliphatic carbocycles. The van der Waals surface area contributed by atoms with Crippen molar-refractivity contribution < 1.29 is 13.2 Å². The van der Waals surface area contributed by atoms with Gasteiger partial charge in [-0.05, 0) is 36.8 Å². The highest BCUT2D eigenvalue weighted by Crippen LogP contribution is 2.54. The average molecular weight is 309 g/mol. The average Bonchev–Trinajstić information content (AvgIpc) is 3.11. The number of aromatic nitrogens is 1. The van der Waals surface area contributed by atoms with E-state index < -0.39 is 10.0 Å². The molecule has 3 rings (SSSR count). The molecule has 0 aromatic carbocycles. The summed E-state index contributed by atoms with van der Waals surface area (Å²) in [6.45, 7) is 1.11. The Morgan fingerprint density at radius 2 is 1.95 bits per heavy atom. The number of hydrogen-bond donors (Lipinski definition) is 1. The summed E-state index contributed by atoms with van der Waals surface area (Å²) in [5.41, 5.74) is 0.713. The summed E-state index contributed by atoms with van der Waals surface area (Å²) in [4.78, 5) is 16.0. The molecule has 2 aliphatic rings. The summed E-state index contributed by atoms with van der Waals surface area (Å²) in [7, 11) is -3.09. The Bertz CT molecular complexity index is 637. The lowest BCUT2D eigenvalue weighted by atomic mass is 9.94. The van der Waals surface area contributed by atoms with Crippen molar-refractivity contribution in [3.05, 3.63) is 30.1 Å². The Morgan fingerprint density at radius 3 is 2.52 bits per heavy atom. The van der Waals surface area contributed by atoms with Crippen LogP contribution in [0, 0.1) is 5.41 Å². The SMILES string of the molecule is CS(=O)(=O)N1CCC2(CC1)C[C@@H]2NC(=O)c1ccncc1. The van der Waals surface area contributed by atoms with Crippen molar-refractivity contribution in [3.8, 4) is 0 Å². The quantitative estimate of drug-likeness (QED) is 0.888. The van der Waals surface area contributed by atoms with E-state index in [1.807, 2.05) is 0 Å². The highest BCUT2D eigenvalue weighted by atomic mass is 32.2. The van der Waals surface area contributed by atoms with Crippen molar-refractivity contribution in [2.45, 2.75) is 25.3 Å². The number of sulfonamides is 1. The maximum Gasteiger partial charge on any atom is 0.251 e. The number of amides is 1. The molecule has 1 aromatic rings. The zero-order valence-corrected chi connectivity index (χ0v) is 12.8. The molecule has 1 spiro atoms. The summed E-state index contributed by atoms with van der Waals surface area (Å²) >= 11 is 0. The third-order valence-electron chi connectivity index (χ3n) is 4.62. The van der Waals surface area contributed by atoms with Crippen molar-refractivity contribution in [2.24, 2.45) is 5.41 Å². The Labute approximate surface area is 124 Å². The fourth-order valence-corrected chi connectivity index (χ4v) is 3.96. The van der Waals surface area contributed by atoms with Crippen molar-refractivity contribution >= 4 is 15.9 Å². The third-order valence-corrected chi connectivity index (χ3v) is 5.93. The second-order valence-corrected chi connectivity index (χ2v) is 7.97. The van der Waals surface area contributed by atoms with E-state index in [2.05, 4.69) is 10.3 Å². The largest absolute Gasteiger partial charge is 0.349 e. The molecule has 2 heterocycles. The van der Waals surface area contributed by atoms with Gasteiger partial charge in [-0.3, -0.25) is 9.78 Å². The van der Waals surface area contributed by atoms with Gasteiger partial charge < -0.3 is 5.32 Å². The van der Waals surface area contributed by atoms with Gasteiger partial charge in [0.15, 0.2) is 0 Å². The van der Waals surface area contributed by atoms with Crippen LogP contribution in [0.1, 0.15) is 29.6 Å². The van der Waals surface area contributed by atoms with Gasteiger partial charge in [0.05, 0.1) is 6.26 Å². The monoisotopic (exact) mass is 309 g/mol. The van der Waals surface area contributed by atoms with E-state index in [0.29, 0.717) is 18.7 Å². The van der Waals surface area contributed by atoms with Crippen molar-refractivity contribution in [1.29, 1.82) is 0 Å². The highest BCUT2D eigenvalue weighted by Gasteiger charge is 2.56. The number of nitrogens with one attached hydrogen (secondary N) is 1. The number of nitrogens with zero attached hydrogens (tertiary/aromatic N) is 2. The van der Waals surface area contributed by atoms with Crippen LogP contribution in [-0.4, -0.2) is 49.0 Å². The van der Waals surface area contributed by atoms with Crippen molar-refractivity contribution in [1.82, 2.24) is 14.6 Å². The summed E-state index contributed by atoms with van der Waals surface area (Å²) < 4.78 is 24.6. The predicted octanol–water partition coefficient (Wildman–Crippen LogP) is 0.625. The van der Waals surface area contributed by atoms with Crippen molar-refractivity contribution in [2.75, 3.05) is 19.3 Å². The molecule has 0 radical (unpaired) electrons. The Hall–Kier alpha value is -1.47. The molecule has 0 bridgehead atoms. The van der Waals surface area contributed by atoms with Crippen LogP contribution >= 0.6 is 0 Å². The van der Waals surface area contributed by atoms with Crippen LogP contribution in [0.25, 0.3) is 0 Å². The van der Waals surface area contributed by atoms with Gasteiger partial charge in [0.25, 0.3) is 5.91 Å². The normalized spacial score (nSPS) is 24.7. The molecule has 0 unspecified atom stereocenters. The van der Waals surface area contributed by atoms with Crippen molar-refractivity contribution in [3.63, 3.8) is 0 Å². The standard InChI is InChI=1S/C14H19N3O3S/c1-21(19,20)17-8-4-14(5-9-17)10-12(14)16-13(18)11-2-6-15-7-3-11/h2-3,6-7,12H,4-5,8-10H2,1H3,(H,16,18)/t12-/m0/s1. The van der Waals surface area contributed by atoms with Gasteiger partial charge in [-0.1, -0.05) is 0 Å². The molecule has 7 heteroatoms. The van der Waals surface area contributed by atoms with Crippen LogP contribution in [0.15, 0.2) is 24.5 Å². The van der Waals surface area contributed by atoms with Crippen LogP contribution in [0.4, 0.5) is 0 Å². The van der Waals surface area contributed by atoms with Crippen LogP contribution in [0.2, 0.25) is 0 Å². The van der Waals surface area contributed by atoms with Gasteiger partial charge in [-0.15, -0.1) is 0 Å². The molecule has 6 nitrogen and oxygen atoms in total. The molecule has 114 valence electrons. The lowest BCUT2D eigenvalue weighted by Crippen LogP contribution is -2.41. The Kier molecular flexibility index (Phi) is 3.49. The molecule has 1 saturated heterocycles. The van der Waals surface area contributed by atoms with Gasteiger partial charge in [-0.25, -0.2) is 12.7 Å². The van der Waals surface area contributed by atoms with E-state index in [1.165, 1.54) is 10.6 Å². The first-order valence-corrected chi connectivity index (χ1v) is 8.92. The van der Waals surface area contributed by atoms with Gasteiger partial charge >= 0.3 is 0 Å². The lowest BCUT2D eigenvalue weighted by molar-refractivity contribution is 0.0940. The number of piperidine rings is 1. The van der Waals surface area contributed by atoms with Crippen LogP contribution in [0.3, 0.4) is 0 Å². The van der Waals surface area contributed by atoms with E-state index in [0.717, 1.165) is 19.3 Å². The predicted molar refractivity (Wildman–Crippen MR) is 78.2 cm³/mol. The number of carbonyl (C=O) groups excluding carboxylic acids is 1. The molecule has 1 atom stereocenters. The molecule has 1 amide bonds. The molecule has 1 aromatic heterocycles. The number of carbonyl (C=O) groups is 1. The molecule has 2 fully saturated rings. The zero-order valence-electron chi connectivity index (χ0n) is 11.9. The Morgan fingerprint density at radius 1 is 1.33 bits per heavy atom. The molecule has 21 heavy (non-hydrogen) atoms. The fourth-order valence-electron chi connectivity index (χ4n) is 3.11. The smallest absolute Gasteiger partial charge is 0.251 e. The van der Waals surface area contributed by atoms with Gasteiger partial charge in [-0.2, -0.15) is 0 Å². The second-order valence-electron chi connectivity index (χ2n) is 5.99. The van der Waals surface area contributed by atoms with Gasteiger partial charge in [0, 0.05) is 37.1 Å². The fraction of sp³-hybridized carbons (Fsp3) is 0.571. The zero-order chi connectivity index (χ0) is 15.1. The minimum absolute atomic E-state index is 0.0789. The summed E-state index contributed by atoms with van der Waals surface area (Å²) in [5.74, 6) is -0.0789. The summed E-state index contributed by atoms with van der Waals surface area (Å²) in [6.07, 6.45) is 7.04. The minimum Gasteiger partial charge on any atom is -0.349 e. The summed E-state index contributed by atoms with van der Waals surface area (Å²) in [5, 5.41) is 3.05. The molecule has 1 aliphatic heterocycles. The topological polar surface area (TPSA) is 79.4 Å². The number of pyridine rings is 1. The second kappa shape index (κ2) is 5.06. The maximum atomic E-state index is 12.1. The first kappa shape index (κ1) is 14.5.